The highest BCUT2D eigenvalue weighted by atomic mass is 35.5. The van der Waals surface area contributed by atoms with Crippen LogP contribution < -0.4 is 5.32 Å². The molecule has 0 radical (unpaired) electrons. The van der Waals surface area contributed by atoms with Crippen LogP contribution in [0.2, 0.25) is 5.15 Å². The molecule has 3 aromatic rings. The van der Waals surface area contributed by atoms with E-state index in [4.69, 9.17) is 16.3 Å². The first-order valence-electron chi connectivity index (χ1n) is 12.0. The van der Waals surface area contributed by atoms with Crippen LogP contribution in [0, 0.1) is 6.92 Å². The Hall–Kier alpha value is -2.47. The van der Waals surface area contributed by atoms with E-state index >= 15 is 4.39 Å². The van der Waals surface area contributed by atoms with Gasteiger partial charge in [-0.05, 0) is 43.1 Å². The average Bonchev–Trinajstić information content (AvgIpc) is 3.12. The number of hydrogen-bond donors (Lipinski definition) is 2. The fourth-order valence-electron chi connectivity index (χ4n) is 5.36. The molecule has 2 N–H and O–H groups in total. The quantitative estimate of drug-likeness (QED) is 0.523. The van der Waals surface area contributed by atoms with Crippen LogP contribution >= 0.6 is 11.6 Å². The maximum absolute atomic E-state index is 15.4. The lowest BCUT2D eigenvalue weighted by Crippen LogP contribution is -2.50. The first-order chi connectivity index (χ1) is 17.2. The number of aromatic nitrogens is 4. The summed E-state index contributed by atoms with van der Waals surface area (Å²) in [6, 6.07) is 2.65. The van der Waals surface area contributed by atoms with E-state index in [0.717, 1.165) is 21.2 Å². The number of aryl methyl sites for hydroxylation is 1. The highest BCUT2D eigenvalue weighted by molar-refractivity contribution is 6.32. The van der Waals surface area contributed by atoms with Crippen LogP contribution in [0.1, 0.15) is 35.9 Å². The number of fused-ring (bicyclic) bond motifs is 1. The van der Waals surface area contributed by atoms with Crippen molar-refractivity contribution in [3.63, 3.8) is 0 Å². The number of likely N-dealkylation sites (tertiary alicyclic amines) is 1. The Balaban J connectivity index is 1.22. The van der Waals surface area contributed by atoms with Gasteiger partial charge in [0.15, 0.2) is 5.15 Å². The molecule has 1 saturated carbocycles. The molecule has 2 saturated heterocycles. The molecule has 0 amide bonds. The van der Waals surface area contributed by atoms with Gasteiger partial charge in [-0.1, -0.05) is 11.6 Å². The van der Waals surface area contributed by atoms with Crippen molar-refractivity contribution in [2.75, 3.05) is 31.6 Å². The van der Waals surface area contributed by atoms with E-state index in [0.29, 0.717) is 37.4 Å². The van der Waals surface area contributed by atoms with E-state index in [-0.39, 0.29) is 36.0 Å². The fraction of sp³-hybridized carbons (Fsp3) is 0.542. The summed E-state index contributed by atoms with van der Waals surface area (Å²) >= 11 is 6.27. The van der Waals surface area contributed by atoms with E-state index in [2.05, 4.69) is 20.4 Å². The standard InChI is InChI=1S/C24H26ClF3N6O2/c1-12-4-13-7-29-23(32-18-8-30-34(22(18)25)21-6-24(21,27)28)31-17(13)5-15(12)14-2-3-33(9-16(14)26)19-10-36-11-20(19)35/h4-5,7-8,14,16,19-21,35H,2-3,6,9-11H2,1H3,(H,29,31,32)/t14?,16?,19?,20-,21?/m1/s1. The molecule has 5 atom stereocenters. The topological polar surface area (TPSA) is 88.3 Å². The van der Waals surface area contributed by atoms with Crippen molar-refractivity contribution < 1.29 is 23.0 Å². The molecule has 36 heavy (non-hydrogen) atoms. The minimum absolute atomic E-state index is 0.0651. The molecule has 1 aliphatic carbocycles. The minimum Gasteiger partial charge on any atom is -0.389 e. The predicted octanol–water partition coefficient (Wildman–Crippen LogP) is 4.00. The molecule has 6 rings (SSSR count). The number of aliphatic hydroxyl groups is 1. The third-order valence-corrected chi connectivity index (χ3v) is 7.88. The second-order valence-electron chi connectivity index (χ2n) is 9.94. The predicted molar refractivity (Wildman–Crippen MR) is 128 cm³/mol. The summed E-state index contributed by atoms with van der Waals surface area (Å²) < 4.78 is 48.7. The number of rotatable bonds is 5. The van der Waals surface area contributed by atoms with Gasteiger partial charge in [0, 0.05) is 30.5 Å². The van der Waals surface area contributed by atoms with Gasteiger partial charge in [-0.15, -0.1) is 0 Å². The molecule has 1 aromatic carbocycles. The molecule has 4 unspecified atom stereocenters. The fourth-order valence-corrected chi connectivity index (χ4v) is 5.62. The van der Waals surface area contributed by atoms with Crippen LogP contribution in [0.25, 0.3) is 10.9 Å². The van der Waals surface area contributed by atoms with Crippen molar-refractivity contribution in [2.45, 2.75) is 56.0 Å². The lowest BCUT2D eigenvalue weighted by Gasteiger charge is -2.39. The number of nitrogens with zero attached hydrogens (tertiary/aromatic N) is 5. The zero-order valence-corrected chi connectivity index (χ0v) is 20.3. The maximum atomic E-state index is 15.4. The number of aliphatic hydroxyl groups excluding tert-OH is 1. The second-order valence-corrected chi connectivity index (χ2v) is 10.3. The van der Waals surface area contributed by atoms with Crippen molar-refractivity contribution in [1.29, 1.82) is 0 Å². The lowest BCUT2D eigenvalue weighted by atomic mass is 9.84. The van der Waals surface area contributed by atoms with E-state index in [1.54, 1.807) is 6.20 Å². The zero-order chi connectivity index (χ0) is 25.2. The molecule has 3 fully saturated rings. The molecule has 192 valence electrons. The smallest absolute Gasteiger partial charge is 0.272 e. The summed E-state index contributed by atoms with van der Waals surface area (Å²) in [5.41, 5.74) is 2.83. The Kier molecular flexibility index (Phi) is 5.86. The third kappa shape index (κ3) is 4.21. The number of benzene rings is 1. The Labute approximate surface area is 210 Å². The van der Waals surface area contributed by atoms with Gasteiger partial charge in [0.2, 0.25) is 5.95 Å². The van der Waals surface area contributed by atoms with Crippen LogP contribution in [-0.4, -0.2) is 80.3 Å². The Bertz CT molecular complexity index is 1310. The van der Waals surface area contributed by atoms with Crippen molar-refractivity contribution in [2.24, 2.45) is 0 Å². The third-order valence-electron chi connectivity index (χ3n) is 7.50. The SMILES string of the molecule is Cc1cc2cnc(Nc3cnn(C4CC4(F)F)c3Cl)nc2cc1C1CCN(C2COC[C@H]2O)CC1F. The van der Waals surface area contributed by atoms with Crippen LogP contribution in [0.15, 0.2) is 24.5 Å². The molecule has 12 heteroatoms. The van der Waals surface area contributed by atoms with E-state index < -0.39 is 24.2 Å². The van der Waals surface area contributed by atoms with Crippen LogP contribution in [0.5, 0.6) is 0 Å². The van der Waals surface area contributed by atoms with Gasteiger partial charge in [0.05, 0.1) is 42.8 Å². The number of halogens is 4. The van der Waals surface area contributed by atoms with Crippen molar-refractivity contribution in [1.82, 2.24) is 24.6 Å². The van der Waals surface area contributed by atoms with Crippen molar-refractivity contribution >= 4 is 34.1 Å². The molecular formula is C24H26ClF3N6O2. The zero-order valence-electron chi connectivity index (χ0n) is 19.5. The van der Waals surface area contributed by atoms with Gasteiger partial charge in [-0.25, -0.2) is 27.8 Å². The average molecular weight is 523 g/mol. The number of piperidine rings is 1. The first kappa shape index (κ1) is 23.9. The highest BCUT2D eigenvalue weighted by Gasteiger charge is 2.59. The van der Waals surface area contributed by atoms with Gasteiger partial charge < -0.3 is 15.2 Å². The summed E-state index contributed by atoms with van der Waals surface area (Å²) in [6.45, 7) is 3.59. The summed E-state index contributed by atoms with van der Waals surface area (Å²) in [6.07, 6.45) is 1.69. The van der Waals surface area contributed by atoms with E-state index in [1.807, 2.05) is 24.0 Å². The molecule has 0 spiro atoms. The van der Waals surface area contributed by atoms with Crippen molar-refractivity contribution in [3.05, 3.63) is 40.8 Å². The Morgan fingerprint density at radius 3 is 2.75 bits per heavy atom. The maximum Gasteiger partial charge on any atom is 0.272 e. The monoisotopic (exact) mass is 522 g/mol. The molecular weight excluding hydrogens is 497 g/mol. The van der Waals surface area contributed by atoms with Gasteiger partial charge in [-0.2, -0.15) is 5.10 Å². The van der Waals surface area contributed by atoms with Crippen LogP contribution in [0.4, 0.5) is 24.8 Å². The summed E-state index contributed by atoms with van der Waals surface area (Å²) in [5, 5.41) is 17.9. The van der Waals surface area contributed by atoms with Gasteiger partial charge >= 0.3 is 0 Å². The lowest BCUT2D eigenvalue weighted by molar-refractivity contribution is 0.0352. The summed E-state index contributed by atoms with van der Waals surface area (Å²) in [5.74, 6) is -2.84. The summed E-state index contributed by atoms with van der Waals surface area (Å²) in [7, 11) is 0. The van der Waals surface area contributed by atoms with Gasteiger partial charge in [0.25, 0.3) is 5.92 Å². The summed E-state index contributed by atoms with van der Waals surface area (Å²) in [4.78, 5) is 10.9. The first-order valence-corrected chi connectivity index (χ1v) is 12.4. The second kappa shape index (κ2) is 8.83. The largest absolute Gasteiger partial charge is 0.389 e. The van der Waals surface area contributed by atoms with Gasteiger partial charge in [-0.3, -0.25) is 4.90 Å². The molecule has 2 aliphatic heterocycles. The van der Waals surface area contributed by atoms with Crippen LogP contribution in [0.3, 0.4) is 0 Å². The molecule has 3 aliphatic rings. The number of anilines is 2. The Morgan fingerprint density at radius 2 is 2.06 bits per heavy atom. The molecule has 2 aromatic heterocycles. The number of hydrogen-bond acceptors (Lipinski definition) is 7. The number of nitrogens with one attached hydrogen (secondary N) is 1. The highest BCUT2D eigenvalue weighted by Crippen LogP contribution is 2.53. The molecule has 4 heterocycles. The normalized spacial score (nSPS) is 30.1. The van der Waals surface area contributed by atoms with E-state index in [1.165, 1.54) is 6.20 Å². The van der Waals surface area contributed by atoms with Crippen LogP contribution in [-0.2, 0) is 4.74 Å². The minimum atomic E-state index is -2.80. The number of ether oxygens (including phenoxy) is 1. The van der Waals surface area contributed by atoms with Crippen molar-refractivity contribution in [3.8, 4) is 0 Å². The molecule has 0 bridgehead atoms. The van der Waals surface area contributed by atoms with E-state index in [9.17, 15) is 13.9 Å². The number of alkyl halides is 3. The molecule has 8 nitrogen and oxygen atoms in total. The van der Waals surface area contributed by atoms with Gasteiger partial charge in [0.1, 0.15) is 12.2 Å². The Morgan fingerprint density at radius 1 is 1.25 bits per heavy atom.